The van der Waals surface area contributed by atoms with Gasteiger partial charge >= 0.3 is 12.1 Å². The van der Waals surface area contributed by atoms with Crippen molar-refractivity contribution in [2.75, 3.05) is 0 Å². The highest BCUT2D eigenvalue weighted by atomic mass is 16.6. The maximum absolute atomic E-state index is 15.2. The maximum Gasteiger partial charge on any atom is 0.408 e. The molecule has 3 aromatic rings. The molecule has 3 aromatic carbocycles. The molecule has 0 aliphatic rings. The van der Waals surface area contributed by atoms with Crippen LogP contribution < -0.4 is 10.6 Å². The maximum atomic E-state index is 15.2. The lowest BCUT2D eigenvalue weighted by atomic mass is 9.93. The molecule has 0 spiro atoms. The lowest BCUT2D eigenvalue weighted by Gasteiger charge is -2.40. The molecule has 53 heavy (non-hydrogen) atoms. The fraction of sp³-hybridized carbons (Fsp3) is 0.488. The lowest BCUT2D eigenvalue weighted by molar-refractivity contribution is -0.159. The van der Waals surface area contributed by atoms with Crippen LogP contribution >= 0.6 is 0 Å². The van der Waals surface area contributed by atoms with Crippen molar-refractivity contribution in [3.05, 3.63) is 101 Å². The Kier molecular flexibility index (Phi) is 15.1. The van der Waals surface area contributed by atoms with Crippen LogP contribution in [0.1, 0.15) is 103 Å². The molecule has 4 atom stereocenters. The van der Waals surface area contributed by atoms with Crippen LogP contribution in [0.3, 0.4) is 0 Å². The minimum Gasteiger partial charge on any atom is -0.508 e. The Hall–Kier alpha value is -4.86. The van der Waals surface area contributed by atoms with Crippen molar-refractivity contribution in [3.8, 4) is 5.75 Å². The topological polar surface area (TPSA) is 134 Å². The minimum absolute atomic E-state index is 0.0579. The zero-order valence-corrected chi connectivity index (χ0v) is 33.1. The molecule has 0 aliphatic carbocycles. The molecule has 0 radical (unpaired) electrons. The van der Waals surface area contributed by atoms with E-state index in [1.807, 2.05) is 68.4 Å². The van der Waals surface area contributed by atoms with Gasteiger partial charge in [-0.25, -0.2) is 9.59 Å². The standard InChI is InChI=1S/C43H59N3O7/c1-28(2)20-21-30(4)46(39(49)35(45-41(51)53-43(8,9)10)26-32-22-24-33(47)25-23-32)37(34-19-15-14-16-29(34)3)38(48)44-36(40(50)52-42(5,6)7)27-31-17-12-11-13-18-31/h11-19,22-25,28,30,35-37,47H,20-21,26-27H2,1-10H3,(H,44,48)(H,45,51). The van der Waals surface area contributed by atoms with Gasteiger partial charge in [-0.3, -0.25) is 9.59 Å². The summed E-state index contributed by atoms with van der Waals surface area (Å²) in [4.78, 5) is 58.6. The van der Waals surface area contributed by atoms with Crippen molar-refractivity contribution < 1.29 is 33.8 Å². The first kappa shape index (κ1) is 42.6. The number of carbonyl (C=O) groups excluding carboxylic acids is 4. The van der Waals surface area contributed by atoms with E-state index in [1.165, 1.54) is 12.1 Å². The highest BCUT2D eigenvalue weighted by molar-refractivity contribution is 5.94. The van der Waals surface area contributed by atoms with Gasteiger partial charge in [0.1, 0.15) is 35.1 Å². The molecule has 3 amide bonds. The second-order valence-electron chi connectivity index (χ2n) is 16.2. The number of ether oxygens (including phenoxy) is 2. The Morgan fingerprint density at radius 1 is 0.698 bits per heavy atom. The number of esters is 1. The largest absolute Gasteiger partial charge is 0.508 e. The summed E-state index contributed by atoms with van der Waals surface area (Å²) in [6.07, 6.45) is 0.778. The van der Waals surface area contributed by atoms with Gasteiger partial charge in [0.2, 0.25) is 11.8 Å². The van der Waals surface area contributed by atoms with Crippen molar-refractivity contribution >= 4 is 23.9 Å². The number of alkyl carbamates (subject to hydrolysis) is 1. The van der Waals surface area contributed by atoms with E-state index in [0.29, 0.717) is 23.5 Å². The summed E-state index contributed by atoms with van der Waals surface area (Å²) in [7, 11) is 0. The van der Waals surface area contributed by atoms with E-state index in [-0.39, 0.29) is 18.6 Å². The van der Waals surface area contributed by atoms with Gasteiger partial charge < -0.3 is 30.1 Å². The van der Waals surface area contributed by atoms with Crippen molar-refractivity contribution in [2.24, 2.45) is 5.92 Å². The first-order chi connectivity index (χ1) is 24.7. The molecule has 4 unspecified atom stereocenters. The van der Waals surface area contributed by atoms with Crippen LogP contribution in [0.25, 0.3) is 0 Å². The van der Waals surface area contributed by atoms with Crippen molar-refractivity contribution in [2.45, 2.75) is 130 Å². The molecule has 0 saturated carbocycles. The molecule has 0 saturated heterocycles. The highest BCUT2D eigenvalue weighted by Crippen LogP contribution is 2.30. The molecule has 0 heterocycles. The number of nitrogens with zero attached hydrogens (tertiary/aromatic N) is 1. The first-order valence-electron chi connectivity index (χ1n) is 18.5. The average Bonchev–Trinajstić information content (AvgIpc) is 3.05. The predicted molar refractivity (Wildman–Crippen MR) is 207 cm³/mol. The number of aromatic hydroxyl groups is 1. The summed E-state index contributed by atoms with van der Waals surface area (Å²) < 4.78 is 11.4. The number of rotatable bonds is 15. The first-order valence-corrected chi connectivity index (χ1v) is 18.5. The molecule has 10 nitrogen and oxygen atoms in total. The van der Waals surface area contributed by atoms with Crippen LogP contribution in [0.15, 0.2) is 78.9 Å². The number of carbonyl (C=O) groups is 4. The Bertz CT molecular complexity index is 1660. The molecule has 3 rings (SSSR count). The van der Waals surface area contributed by atoms with Gasteiger partial charge in [-0.05, 0) is 109 Å². The van der Waals surface area contributed by atoms with Crippen LogP contribution in [0, 0.1) is 12.8 Å². The smallest absolute Gasteiger partial charge is 0.408 e. The van der Waals surface area contributed by atoms with E-state index < -0.39 is 59.2 Å². The molecule has 3 N–H and O–H groups in total. The third-order valence-corrected chi connectivity index (χ3v) is 8.56. The van der Waals surface area contributed by atoms with Gasteiger partial charge in [0.15, 0.2) is 0 Å². The molecule has 0 aromatic heterocycles. The van der Waals surface area contributed by atoms with E-state index in [2.05, 4.69) is 24.5 Å². The van der Waals surface area contributed by atoms with Crippen LogP contribution in [-0.4, -0.2) is 63.2 Å². The molecule has 10 heteroatoms. The number of nitrogens with one attached hydrogen (secondary N) is 2. The second kappa shape index (κ2) is 18.8. The fourth-order valence-corrected chi connectivity index (χ4v) is 5.99. The van der Waals surface area contributed by atoms with E-state index in [1.54, 1.807) is 58.6 Å². The third kappa shape index (κ3) is 13.9. The third-order valence-electron chi connectivity index (χ3n) is 8.56. The fourth-order valence-electron chi connectivity index (χ4n) is 5.99. The monoisotopic (exact) mass is 729 g/mol. The van der Waals surface area contributed by atoms with Crippen LogP contribution in [0.5, 0.6) is 5.75 Å². The van der Waals surface area contributed by atoms with Gasteiger partial charge in [0, 0.05) is 18.9 Å². The minimum atomic E-state index is -1.19. The summed E-state index contributed by atoms with van der Waals surface area (Å²) in [5.74, 6) is -1.28. The van der Waals surface area contributed by atoms with Gasteiger partial charge in [0.25, 0.3) is 0 Å². The van der Waals surface area contributed by atoms with Crippen molar-refractivity contribution in [3.63, 3.8) is 0 Å². The Labute approximate surface area is 315 Å². The van der Waals surface area contributed by atoms with E-state index in [0.717, 1.165) is 17.5 Å². The van der Waals surface area contributed by atoms with Gasteiger partial charge in [-0.15, -0.1) is 0 Å². The quantitative estimate of drug-likeness (QED) is 0.137. The number of hydrogen-bond donors (Lipinski definition) is 3. The summed E-state index contributed by atoms with van der Waals surface area (Å²) in [5.41, 5.74) is 1.21. The number of benzene rings is 3. The molecular formula is C43H59N3O7. The molecule has 288 valence electrons. The van der Waals surface area contributed by atoms with Crippen molar-refractivity contribution in [1.29, 1.82) is 0 Å². The van der Waals surface area contributed by atoms with E-state index >= 15 is 4.79 Å². The van der Waals surface area contributed by atoms with Gasteiger partial charge in [0.05, 0.1) is 0 Å². The lowest BCUT2D eigenvalue weighted by Crippen LogP contribution is -2.57. The van der Waals surface area contributed by atoms with Gasteiger partial charge in [-0.1, -0.05) is 80.6 Å². The van der Waals surface area contributed by atoms with Gasteiger partial charge in [-0.2, -0.15) is 0 Å². The van der Waals surface area contributed by atoms with E-state index in [4.69, 9.17) is 9.47 Å². The zero-order valence-electron chi connectivity index (χ0n) is 33.1. The van der Waals surface area contributed by atoms with Crippen molar-refractivity contribution in [1.82, 2.24) is 15.5 Å². The summed E-state index contributed by atoms with van der Waals surface area (Å²) >= 11 is 0. The summed E-state index contributed by atoms with van der Waals surface area (Å²) in [5, 5.41) is 15.7. The summed E-state index contributed by atoms with van der Waals surface area (Å²) in [6, 6.07) is 19.2. The number of amides is 3. The van der Waals surface area contributed by atoms with Crippen LogP contribution in [0.4, 0.5) is 4.79 Å². The summed E-state index contributed by atoms with van der Waals surface area (Å²) in [6.45, 7) is 18.5. The highest BCUT2D eigenvalue weighted by Gasteiger charge is 2.41. The average molecular weight is 730 g/mol. The molecular weight excluding hydrogens is 670 g/mol. The zero-order chi connectivity index (χ0) is 39.5. The number of aryl methyl sites for hydroxylation is 1. The number of phenols is 1. The van der Waals surface area contributed by atoms with Crippen LogP contribution in [-0.2, 0) is 36.7 Å². The molecule has 0 bridgehead atoms. The molecule has 0 aliphatic heterocycles. The molecule has 0 fully saturated rings. The predicted octanol–water partition coefficient (Wildman–Crippen LogP) is 7.60. The SMILES string of the molecule is Cc1ccccc1C(C(=O)NC(Cc1ccccc1)C(=O)OC(C)(C)C)N(C(=O)C(Cc1ccc(O)cc1)NC(=O)OC(C)(C)C)C(C)CCC(C)C. The second-order valence-corrected chi connectivity index (χ2v) is 16.2. The Balaban J connectivity index is 2.19. The Morgan fingerprint density at radius 2 is 1.25 bits per heavy atom. The van der Waals surface area contributed by atoms with E-state index in [9.17, 15) is 19.5 Å². The number of phenolic OH excluding ortho intramolecular Hbond substituents is 1. The number of hydrogen-bond acceptors (Lipinski definition) is 7. The Morgan fingerprint density at radius 3 is 1.81 bits per heavy atom. The normalized spacial score (nSPS) is 14.0. The van der Waals surface area contributed by atoms with Crippen LogP contribution in [0.2, 0.25) is 0 Å².